The van der Waals surface area contributed by atoms with Gasteiger partial charge in [0, 0.05) is 11.1 Å². The fourth-order valence-electron chi connectivity index (χ4n) is 2.67. The molecular weight excluding hydrogens is 410 g/mol. The van der Waals surface area contributed by atoms with Gasteiger partial charge in [-0.1, -0.05) is 23.7 Å². The number of carboxylic acid groups (broad SMARTS) is 1. The second kappa shape index (κ2) is 8.87. The van der Waals surface area contributed by atoms with E-state index in [9.17, 15) is 14.7 Å². The molecule has 0 radical (unpaired) electrons. The summed E-state index contributed by atoms with van der Waals surface area (Å²) in [5.74, 6) is 0.161. The van der Waals surface area contributed by atoms with Crippen LogP contribution in [0.4, 0.5) is 15.5 Å². The molecule has 0 fully saturated rings. The van der Waals surface area contributed by atoms with Crippen LogP contribution in [0.3, 0.4) is 0 Å². The summed E-state index contributed by atoms with van der Waals surface area (Å²) in [6.07, 6.45) is -2.80. The van der Waals surface area contributed by atoms with Crippen molar-refractivity contribution >= 4 is 29.7 Å². The molecule has 30 heavy (non-hydrogen) atoms. The Kier molecular flexibility index (Phi) is 6.92. The van der Waals surface area contributed by atoms with Crippen LogP contribution in [0, 0.1) is 13.8 Å². The number of anilines is 1. The van der Waals surface area contributed by atoms with Gasteiger partial charge in [0.05, 0.1) is 11.8 Å². The Morgan fingerprint density at radius 3 is 2.33 bits per heavy atom. The Morgan fingerprint density at radius 2 is 1.80 bits per heavy atom. The average molecular weight is 436 g/mol. The van der Waals surface area contributed by atoms with Crippen LogP contribution in [0.15, 0.2) is 18.2 Å². The smallest absolute Gasteiger partial charge is 0.427 e. The molecule has 2 amide bonds. The Labute approximate surface area is 180 Å². The summed E-state index contributed by atoms with van der Waals surface area (Å²) in [6.45, 7) is 12.3. The van der Waals surface area contributed by atoms with Gasteiger partial charge in [0.2, 0.25) is 5.95 Å². The Bertz CT molecular complexity index is 970. The van der Waals surface area contributed by atoms with Gasteiger partial charge in [0.1, 0.15) is 16.5 Å². The number of hydrogen-bond acceptors (Lipinski definition) is 6. The van der Waals surface area contributed by atoms with Crippen molar-refractivity contribution < 1.29 is 24.2 Å². The van der Waals surface area contributed by atoms with E-state index in [4.69, 9.17) is 21.1 Å². The van der Waals surface area contributed by atoms with Gasteiger partial charge in [-0.3, -0.25) is 0 Å². The minimum atomic E-state index is -1.58. The van der Waals surface area contributed by atoms with Crippen LogP contribution in [0.5, 0.6) is 5.75 Å². The summed E-state index contributed by atoms with van der Waals surface area (Å²) in [5, 5.41) is 9.64. The van der Waals surface area contributed by atoms with Gasteiger partial charge < -0.3 is 14.6 Å². The number of imide groups is 1. The second-order valence-electron chi connectivity index (χ2n) is 8.00. The Morgan fingerprint density at radius 1 is 1.17 bits per heavy atom. The first-order chi connectivity index (χ1) is 13.8. The summed E-state index contributed by atoms with van der Waals surface area (Å²) < 4.78 is 11.1. The first-order valence-corrected chi connectivity index (χ1v) is 9.76. The fraction of sp³-hybridized carbons (Fsp3) is 0.429. The molecule has 0 bridgehead atoms. The van der Waals surface area contributed by atoms with Crippen LogP contribution in [0.2, 0.25) is 5.15 Å². The van der Waals surface area contributed by atoms with Crippen LogP contribution in [-0.4, -0.2) is 39.0 Å². The molecular formula is C21H26ClN3O5. The molecule has 1 aromatic carbocycles. The van der Waals surface area contributed by atoms with E-state index in [0.29, 0.717) is 27.5 Å². The number of aromatic nitrogens is 2. The van der Waals surface area contributed by atoms with Gasteiger partial charge in [-0.15, -0.1) is 4.90 Å². The third kappa shape index (κ3) is 5.38. The summed E-state index contributed by atoms with van der Waals surface area (Å²) >= 11 is 6.30. The van der Waals surface area contributed by atoms with Gasteiger partial charge in [-0.05, 0) is 60.1 Å². The molecule has 1 N–H and O–H groups in total. The highest BCUT2D eigenvalue weighted by Gasteiger charge is 2.32. The van der Waals surface area contributed by atoms with E-state index in [0.717, 1.165) is 5.56 Å². The quantitative estimate of drug-likeness (QED) is 0.621. The molecule has 1 aromatic heterocycles. The molecule has 8 nitrogen and oxygen atoms in total. The molecule has 2 rings (SSSR count). The molecule has 0 aliphatic heterocycles. The molecule has 162 valence electrons. The summed E-state index contributed by atoms with van der Waals surface area (Å²) in [7, 11) is 0. The lowest BCUT2D eigenvalue weighted by molar-refractivity contribution is 0.0579. The zero-order chi connectivity index (χ0) is 22.8. The van der Waals surface area contributed by atoms with Gasteiger partial charge >= 0.3 is 12.2 Å². The third-order valence-corrected chi connectivity index (χ3v) is 4.24. The van der Waals surface area contributed by atoms with Crippen LogP contribution >= 0.6 is 11.6 Å². The monoisotopic (exact) mass is 435 g/mol. The highest BCUT2D eigenvalue weighted by Crippen LogP contribution is 2.37. The largest absolute Gasteiger partial charge is 0.490 e. The Hall–Kier alpha value is -2.87. The number of hydrogen-bond donors (Lipinski definition) is 1. The molecule has 1 heterocycles. The predicted octanol–water partition coefficient (Wildman–Crippen LogP) is 5.62. The highest BCUT2D eigenvalue weighted by atomic mass is 35.5. The topological polar surface area (TPSA) is 102 Å². The van der Waals surface area contributed by atoms with Gasteiger partial charge in [-0.2, -0.15) is 4.98 Å². The maximum absolute atomic E-state index is 12.5. The number of carbonyl (C=O) groups excluding carboxylic acids is 1. The fourth-order valence-corrected chi connectivity index (χ4v) is 2.84. The molecule has 0 saturated heterocycles. The minimum Gasteiger partial charge on any atom is -0.490 e. The Balaban J connectivity index is 2.69. The lowest BCUT2D eigenvalue weighted by Crippen LogP contribution is -2.41. The maximum atomic E-state index is 12.5. The number of carbonyl (C=O) groups is 2. The zero-order valence-corrected chi connectivity index (χ0v) is 18.9. The van der Waals surface area contributed by atoms with Gasteiger partial charge in [0.25, 0.3) is 0 Å². The molecule has 0 atom stereocenters. The van der Waals surface area contributed by atoms with Crippen LogP contribution in [0.25, 0.3) is 11.3 Å². The lowest BCUT2D eigenvalue weighted by atomic mass is 10.0. The van der Waals surface area contributed by atoms with Gasteiger partial charge in [0.15, 0.2) is 0 Å². The molecule has 0 aliphatic rings. The summed E-state index contributed by atoms with van der Waals surface area (Å²) in [6, 6.07) is 5.51. The number of aryl methyl sites for hydroxylation is 1. The van der Waals surface area contributed by atoms with E-state index in [1.165, 1.54) is 0 Å². The third-order valence-electron chi connectivity index (χ3n) is 3.88. The molecule has 0 aliphatic carbocycles. The number of halogens is 1. The van der Waals surface area contributed by atoms with Gasteiger partial charge in [-0.25, -0.2) is 14.6 Å². The van der Waals surface area contributed by atoms with Crippen molar-refractivity contribution in [1.29, 1.82) is 0 Å². The number of ether oxygens (including phenoxy) is 2. The minimum absolute atomic E-state index is 0.0172. The normalized spacial score (nSPS) is 11.4. The van der Waals surface area contributed by atoms with Crippen molar-refractivity contribution in [2.75, 3.05) is 4.90 Å². The van der Waals surface area contributed by atoms with Crippen molar-refractivity contribution in [2.45, 2.75) is 60.2 Å². The molecule has 0 saturated carbocycles. The van der Waals surface area contributed by atoms with Crippen molar-refractivity contribution in [1.82, 2.24) is 9.97 Å². The first-order valence-electron chi connectivity index (χ1n) is 9.38. The lowest BCUT2D eigenvalue weighted by Gasteiger charge is -2.24. The molecule has 0 unspecified atom stereocenters. The second-order valence-corrected chi connectivity index (χ2v) is 8.36. The van der Waals surface area contributed by atoms with Crippen molar-refractivity contribution in [3.8, 4) is 17.0 Å². The molecule has 9 heteroatoms. The standard InChI is InChI=1S/C21H26ClN3O5/c1-11(2)29-14-10-8-9-12(3)15(14)16-13(4)17(22)24-18(23-16)25(19(26)27)20(28)30-21(5,6)7/h8-11H,1-7H3,(H,26,27). The summed E-state index contributed by atoms with van der Waals surface area (Å²) in [5.41, 5.74) is 1.47. The average Bonchev–Trinajstić information content (AvgIpc) is 2.56. The number of rotatable bonds is 4. The van der Waals surface area contributed by atoms with Crippen molar-refractivity contribution in [3.05, 3.63) is 34.5 Å². The van der Waals surface area contributed by atoms with E-state index in [1.807, 2.05) is 32.9 Å². The van der Waals surface area contributed by atoms with Crippen LogP contribution in [0.1, 0.15) is 45.7 Å². The van der Waals surface area contributed by atoms with E-state index >= 15 is 0 Å². The SMILES string of the molecule is Cc1cccc(OC(C)C)c1-c1nc(N(C(=O)O)C(=O)OC(C)(C)C)nc(Cl)c1C. The maximum Gasteiger partial charge on any atom is 0.427 e. The van der Waals surface area contributed by atoms with E-state index in [1.54, 1.807) is 33.8 Å². The number of benzene rings is 1. The number of nitrogens with zero attached hydrogens (tertiary/aromatic N) is 3. The van der Waals surface area contributed by atoms with E-state index < -0.39 is 23.7 Å². The first kappa shape index (κ1) is 23.4. The van der Waals surface area contributed by atoms with E-state index in [-0.39, 0.29) is 11.3 Å². The summed E-state index contributed by atoms with van der Waals surface area (Å²) in [4.78, 5) is 33.0. The van der Waals surface area contributed by atoms with Crippen molar-refractivity contribution in [2.24, 2.45) is 0 Å². The predicted molar refractivity (Wildman–Crippen MR) is 114 cm³/mol. The zero-order valence-electron chi connectivity index (χ0n) is 18.1. The number of amides is 2. The molecule has 0 spiro atoms. The van der Waals surface area contributed by atoms with Crippen LogP contribution in [-0.2, 0) is 4.74 Å². The molecule has 2 aromatic rings. The van der Waals surface area contributed by atoms with Crippen molar-refractivity contribution in [3.63, 3.8) is 0 Å². The van der Waals surface area contributed by atoms with Crippen LogP contribution < -0.4 is 9.64 Å². The van der Waals surface area contributed by atoms with E-state index in [2.05, 4.69) is 9.97 Å². The highest BCUT2D eigenvalue weighted by molar-refractivity contribution is 6.30.